The van der Waals surface area contributed by atoms with Crippen LogP contribution in [0.25, 0.3) is 0 Å². The van der Waals surface area contributed by atoms with Crippen molar-refractivity contribution in [3.05, 3.63) is 26.6 Å². The van der Waals surface area contributed by atoms with E-state index in [1.807, 2.05) is 0 Å². The molecule has 0 saturated carbocycles. The number of hydrogen-bond acceptors (Lipinski definition) is 5. The summed E-state index contributed by atoms with van der Waals surface area (Å²) in [4.78, 5) is 24.2. The molecule has 7 nitrogen and oxygen atoms in total. The second-order valence-electron chi connectivity index (χ2n) is 4.06. The topological polar surface area (TPSA) is 102 Å². The van der Waals surface area contributed by atoms with E-state index in [4.69, 9.17) is 11.5 Å². The van der Waals surface area contributed by atoms with Gasteiger partial charge in [-0.2, -0.15) is 0 Å². The van der Waals surface area contributed by atoms with Crippen molar-refractivity contribution in [2.75, 3.05) is 33.0 Å². The smallest absolute Gasteiger partial charge is 0.428 e. The van der Waals surface area contributed by atoms with Crippen molar-refractivity contribution in [1.29, 1.82) is 0 Å². The van der Waals surface area contributed by atoms with Gasteiger partial charge in [-0.3, -0.25) is 4.79 Å². The zero-order valence-corrected chi connectivity index (χ0v) is 14.8. The Hall–Kier alpha value is -1.32. The minimum Gasteiger partial charge on any atom is -0.452 e. The van der Waals surface area contributed by atoms with Crippen LogP contribution in [0.15, 0.2) is 21.1 Å². The van der Waals surface area contributed by atoms with Crippen molar-refractivity contribution in [2.45, 2.75) is 0 Å². The van der Waals surface area contributed by atoms with E-state index in [-0.39, 0.29) is 24.3 Å². The van der Waals surface area contributed by atoms with Crippen LogP contribution in [0.3, 0.4) is 0 Å². The summed E-state index contributed by atoms with van der Waals surface area (Å²) >= 11 is 6.57. The number of amides is 2. The van der Waals surface area contributed by atoms with Gasteiger partial charge in [-0.15, -0.1) is 0 Å². The number of carbonyl (C=O) groups is 2. The number of nitrogens with two attached hydrogens (primary N) is 2. The van der Waals surface area contributed by atoms with Crippen molar-refractivity contribution >= 4 is 49.5 Å². The van der Waals surface area contributed by atoms with E-state index < -0.39 is 12.0 Å². The summed E-state index contributed by atoms with van der Waals surface area (Å²) in [5.74, 6) is -0.451. The lowest BCUT2D eigenvalue weighted by Gasteiger charge is -2.30. The number of hydrazine groups is 1. The number of anilines is 1. The van der Waals surface area contributed by atoms with E-state index in [1.165, 1.54) is 19.2 Å². The minimum atomic E-state index is -0.676. The van der Waals surface area contributed by atoms with Gasteiger partial charge in [0.15, 0.2) is 0 Å². The molecular weight excluding hydrogens is 408 g/mol. The van der Waals surface area contributed by atoms with Crippen LogP contribution in [-0.4, -0.2) is 49.3 Å². The number of carbonyl (C=O) groups excluding carboxylic acids is 2. The summed E-state index contributed by atoms with van der Waals surface area (Å²) in [6.07, 6.45) is -0.676. The molecule has 0 aliphatic rings. The largest absolute Gasteiger partial charge is 0.452 e. The molecule has 2 amide bonds. The quantitative estimate of drug-likeness (QED) is 0.570. The molecule has 0 aromatic heterocycles. The lowest BCUT2D eigenvalue weighted by atomic mass is 10.1. The maximum atomic E-state index is 12.6. The Morgan fingerprint density at radius 3 is 2.48 bits per heavy atom. The highest BCUT2D eigenvalue weighted by Crippen LogP contribution is 2.29. The van der Waals surface area contributed by atoms with Gasteiger partial charge in [-0.1, -0.05) is 15.9 Å². The van der Waals surface area contributed by atoms with Crippen molar-refractivity contribution in [3.63, 3.8) is 0 Å². The first kappa shape index (κ1) is 17.7. The number of nitrogens with zero attached hydrogens (tertiary/aromatic N) is 2. The third kappa shape index (κ3) is 4.08. The molecule has 0 fully saturated rings. The first-order valence-corrected chi connectivity index (χ1v) is 7.50. The molecule has 0 atom stereocenters. The molecule has 9 heteroatoms. The standard InChI is InChI=1S/C12H16Br2N4O3/c1-17(12(20)21-2)18(4-3-15)11(19)8-5-7(13)6-9(14)10(8)16/h5-6H,3-4,15-16H2,1-2H3. The monoisotopic (exact) mass is 422 g/mol. The highest BCUT2D eigenvalue weighted by Gasteiger charge is 2.26. The van der Waals surface area contributed by atoms with Gasteiger partial charge in [-0.25, -0.2) is 14.8 Å². The van der Waals surface area contributed by atoms with Gasteiger partial charge in [0.25, 0.3) is 5.91 Å². The molecule has 0 aliphatic heterocycles. The lowest BCUT2D eigenvalue weighted by Crippen LogP contribution is -2.49. The predicted molar refractivity (Wildman–Crippen MR) is 86.5 cm³/mol. The molecule has 21 heavy (non-hydrogen) atoms. The molecule has 0 heterocycles. The Labute approximate surface area is 139 Å². The number of nitrogen functional groups attached to an aromatic ring is 1. The third-order valence-electron chi connectivity index (χ3n) is 2.70. The van der Waals surface area contributed by atoms with E-state index in [0.717, 1.165) is 5.01 Å². The number of benzene rings is 1. The SMILES string of the molecule is COC(=O)N(C)N(CCN)C(=O)c1cc(Br)cc(Br)c1N. The summed E-state index contributed by atoms with van der Waals surface area (Å²) in [6, 6.07) is 3.31. The summed E-state index contributed by atoms with van der Waals surface area (Å²) in [7, 11) is 2.65. The summed E-state index contributed by atoms with van der Waals surface area (Å²) < 4.78 is 5.86. The van der Waals surface area contributed by atoms with Crippen LogP contribution < -0.4 is 11.5 Å². The van der Waals surface area contributed by atoms with Crippen molar-refractivity contribution < 1.29 is 14.3 Å². The Morgan fingerprint density at radius 1 is 1.33 bits per heavy atom. The average molecular weight is 424 g/mol. The van der Waals surface area contributed by atoms with Crippen LogP contribution in [0.4, 0.5) is 10.5 Å². The van der Waals surface area contributed by atoms with Crippen LogP contribution in [-0.2, 0) is 4.74 Å². The minimum absolute atomic E-state index is 0.147. The molecule has 1 rings (SSSR count). The molecule has 116 valence electrons. The summed E-state index contributed by atoms with van der Waals surface area (Å²) in [5.41, 5.74) is 11.9. The summed E-state index contributed by atoms with van der Waals surface area (Å²) in [6.45, 7) is 0.330. The zero-order valence-electron chi connectivity index (χ0n) is 11.6. The second-order valence-corrected chi connectivity index (χ2v) is 5.83. The second kappa shape index (κ2) is 7.62. The van der Waals surface area contributed by atoms with Gasteiger partial charge in [-0.05, 0) is 28.1 Å². The molecule has 0 saturated heterocycles. The fourth-order valence-electron chi connectivity index (χ4n) is 1.64. The molecule has 0 aliphatic carbocycles. The highest BCUT2D eigenvalue weighted by molar-refractivity contribution is 9.11. The van der Waals surface area contributed by atoms with Crippen LogP contribution in [0.2, 0.25) is 0 Å². The van der Waals surface area contributed by atoms with Gasteiger partial charge >= 0.3 is 6.09 Å². The van der Waals surface area contributed by atoms with Gasteiger partial charge < -0.3 is 16.2 Å². The molecule has 0 unspecified atom stereocenters. The predicted octanol–water partition coefficient (Wildman–Crippen LogP) is 1.81. The lowest BCUT2D eigenvalue weighted by molar-refractivity contribution is 0.00805. The molecule has 0 radical (unpaired) electrons. The van der Waals surface area contributed by atoms with Gasteiger partial charge in [0.2, 0.25) is 0 Å². The van der Waals surface area contributed by atoms with Gasteiger partial charge in [0, 0.05) is 22.5 Å². The van der Waals surface area contributed by atoms with E-state index >= 15 is 0 Å². The van der Waals surface area contributed by atoms with E-state index in [1.54, 1.807) is 12.1 Å². The van der Waals surface area contributed by atoms with Gasteiger partial charge in [0.1, 0.15) is 0 Å². The van der Waals surface area contributed by atoms with Crippen LogP contribution in [0.5, 0.6) is 0 Å². The number of methoxy groups -OCH3 is 1. The van der Waals surface area contributed by atoms with E-state index in [9.17, 15) is 9.59 Å². The Morgan fingerprint density at radius 2 is 1.95 bits per heavy atom. The van der Waals surface area contributed by atoms with Crippen molar-refractivity contribution in [2.24, 2.45) is 5.73 Å². The van der Waals surface area contributed by atoms with Crippen LogP contribution in [0.1, 0.15) is 10.4 Å². The summed E-state index contributed by atoms with van der Waals surface area (Å²) in [5, 5.41) is 2.24. The zero-order chi connectivity index (χ0) is 16.2. The van der Waals surface area contributed by atoms with E-state index in [2.05, 4.69) is 36.6 Å². The molecular formula is C12H16Br2N4O3. The fourth-order valence-corrected chi connectivity index (χ4v) is 2.87. The van der Waals surface area contributed by atoms with E-state index in [0.29, 0.717) is 8.95 Å². The molecule has 0 bridgehead atoms. The van der Waals surface area contributed by atoms with Gasteiger partial charge in [0.05, 0.1) is 24.9 Å². The maximum Gasteiger partial charge on any atom is 0.428 e. The normalized spacial score (nSPS) is 10.1. The first-order chi connectivity index (χ1) is 9.83. The average Bonchev–Trinajstić information content (AvgIpc) is 2.46. The number of ether oxygens (including phenoxy) is 1. The first-order valence-electron chi connectivity index (χ1n) is 5.91. The molecule has 4 N–H and O–H groups in total. The fraction of sp³-hybridized carbons (Fsp3) is 0.333. The molecule has 1 aromatic carbocycles. The van der Waals surface area contributed by atoms with Crippen molar-refractivity contribution in [1.82, 2.24) is 10.0 Å². The maximum absolute atomic E-state index is 12.6. The van der Waals surface area contributed by atoms with Crippen molar-refractivity contribution in [3.8, 4) is 0 Å². The van der Waals surface area contributed by atoms with Crippen LogP contribution >= 0.6 is 31.9 Å². The number of halogens is 2. The highest BCUT2D eigenvalue weighted by atomic mass is 79.9. The van der Waals surface area contributed by atoms with Crippen LogP contribution in [0, 0.1) is 0 Å². The Bertz CT molecular complexity index is 554. The third-order valence-corrected chi connectivity index (χ3v) is 3.81. The number of rotatable bonds is 3. The molecule has 0 spiro atoms. The molecule has 1 aromatic rings. The Balaban J connectivity index is 3.21. The Kier molecular flexibility index (Phi) is 6.43. The number of hydrogen-bond donors (Lipinski definition) is 2.